The quantitative estimate of drug-likeness (QED) is 0.886. The number of phenols is 1. The van der Waals surface area contributed by atoms with Crippen LogP contribution in [0, 0.1) is 11.6 Å². The van der Waals surface area contributed by atoms with E-state index in [9.17, 15) is 8.78 Å². The summed E-state index contributed by atoms with van der Waals surface area (Å²) in [4.78, 5) is 0. The number of benzene rings is 2. The van der Waals surface area contributed by atoms with Gasteiger partial charge >= 0.3 is 0 Å². The van der Waals surface area contributed by atoms with Crippen molar-refractivity contribution in [2.75, 3.05) is 7.11 Å². The molecule has 5 heteroatoms. The zero-order valence-corrected chi connectivity index (χ0v) is 11.9. The van der Waals surface area contributed by atoms with Gasteiger partial charge in [-0.1, -0.05) is 12.1 Å². The summed E-state index contributed by atoms with van der Waals surface area (Å²) in [5, 5.41) is 12.3. The van der Waals surface area contributed by atoms with Crippen LogP contribution in [0.15, 0.2) is 36.4 Å². The van der Waals surface area contributed by atoms with Crippen molar-refractivity contribution in [3.63, 3.8) is 0 Å². The maximum absolute atomic E-state index is 13.6. The van der Waals surface area contributed by atoms with E-state index in [1.165, 1.54) is 25.3 Å². The summed E-state index contributed by atoms with van der Waals surface area (Å²) in [6.45, 7) is 2.30. The van der Waals surface area contributed by atoms with Gasteiger partial charge in [0, 0.05) is 12.6 Å². The molecule has 0 fully saturated rings. The summed E-state index contributed by atoms with van der Waals surface area (Å²) in [5.41, 5.74) is 1.47. The number of methoxy groups -OCH3 is 1. The molecule has 0 heterocycles. The van der Waals surface area contributed by atoms with Gasteiger partial charge in [-0.2, -0.15) is 0 Å². The maximum atomic E-state index is 13.6. The summed E-state index contributed by atoms with van der Waals surface area (Å²) < 4.78 is 31.7. The first-order valence-corrected chi connectivity index (χ1v) is 6.55. The molecule has 2 rings (SSSR count). The highest BCUT2D eigenvalue weighted by atomic mass is 19.1. The second kappa shape index (κ2) is 6.54. The second-order valence-electron chi connectivity index (χ2n) is 4.78. The van der Waals surface area contributed by atoms with Crippen LogP contribution in [0.4, 0.5) is 8.78 Å². The van der Waals surface area contributed by atoms with E-state index in [2.05, 4.69) is 5.32 Å². The Labute approximate surface area is 122 Å². The third-order valence-corrected chi connectivity index (χ3v) is 3.30. The lowest BCUT2D eigenvalue weighted by Gasteiger charge is -2.15. The first-order valence-electron chi connectivity index (χ1n) is 6.55. The van der Waals surface area contributed by atoms with Crippen molar-refractivity contribution in [1.82, 2.24) is 5.32 Å². The van der Waals surface area contributed by atoms with Crippen molar-refractivity contribution >= 4 is 0 Å². The Hall–Kier alpha value is -2.14. The third kappa shape index (κ3) is 3.70. The number of phenolic OH excluding ortho intramolecular Hbond substituents is 1. The molecule has 21 heavy (non-hydrogen) atoms. The van der Waals surface area contributed by atoms with E-state index in [4.69, 9.17) is 9.84 Å². The maximum Gasteiger partial charge on any atom is 0.165 e. The zero-order valence-electron chi connectivity index (χ0n) is 11.9. The van der Waals surface area contributed by atoms with Crippen LogP contribution in [0.2, 0.25) is 0 Å². The van der Waals surface area contributed by atoms with Crippen molar-refractivity contribution in [2.24, 2.45) is 0 Å². The molecular formula is C16H17F2NO2. The van der Waals surface area contributed by atoms with Crippen molar-refractivity contribution in [1.29, 1.82) is 0 Å². The van der Waals surface area contributed by atoms with Gasteiger partial charge in [0.1, 0.15) is 0 Å². The lowest BCUT2D eigenvalue weighted by molar-refractivity contribution is 0.385. The predicted molar refractivity (Wildman–Crippen MR) is 76.3 cm³/mol. The lowest BCUT2D eigenvalue weighted by Crippen LogP contribution is -2.18. The SMILES string of the molecule is COc1ccc(C(C)NCc2ccc(O)c(F)c2)cc1F. The monoisotopic (exact) mass is 293 g/mol. The Morgan fingerprint density at radius 3 is 2.52 bits per heavy atom. The summed E-state index contributed by atoms with van der Waals surface area (Å²) in [7, 11) is 1.42. The topological polar surface area (TPSA) is 41.5 Å². The van der Waals surface area contributed by atoms with Crippen LogP contribution in [-0.2, 0) is 6.54 Å². The van der Waals surface area contributed by atoms with E-state index >= 15 is 0 Å². The first-order chi connectivity index (χ1) is 10.0. The van der Waals surface area contributed by atoms with Crippen LogP contribution < -0.4 is 10.1 Å². The highest BCUT2D eigenvalue weighted by Gasteiger charge is 2.10. The number of nitrogens with one attached hydrogen (secondary N) is 1. The predicted octanol–water partition coefficient (Wildman–Crippen LogP) is 3.53. The van der Waals surface area contributed by atoms with Crippen LogP contribution in [0.1, 0.15) is 24.1 Å². The van der Waals surface area contributed by atoms with Crippen molar-refractivity contribution in [3.8, 4) is 11.5 Å². The average molecular weight is 293 g/mol. The minimum atomic E-state index is -0.655. The normalized spacial score (nSPS) is 12.2. The van der Waals surface area contributed by atoms with Crippen molar-refractivity contribution in [3.05, 3.63) is 59.2 Å². The summed E-state index contributed by atoms with van der Waals surface area (Å²) in [6, 6.07) is 8.86. The number of aromatic hydroxyl groups is 1. The number of hydrogen-bond acceptors (Lipinski definition) is 3. The molecule has 0 aliphatic rings. The van der Waals surface area contributed by atoms with Gasteiger partial charge in [0.25, 0.3) is 0 Å². The molecule has 0 aliphatic carbocycles. The Morgan fingerprint density at radius 1 is 1.14 bits per heavy atom. The summed E-state index contributed by atoms with van der Waals surface area (Å²) in [5.74, 6) is -1.24. The van der Waals surface area contributed by atoms with Gasteiger partial charge in [-0.3, -0.25) is 0 Å². The van der Waals surface area contributed by atoms with Crippen molar-refractivity contribution in [2.45, 2.75) is 19.5 Å². The van der Waals surface area contributed by atoms with Gasteiger partial charge in [0.05, 0.1) is 7.11 Å². The smallest absolute Gasteiger partial charge is 0.165 e. The summed E-state index contributed by atoms with van der Waals surface area (Å²) >= 11 is 0. The Kier molecular flexibility index (Phi) is 4.75. The molecule has 0 bridgehead atoms. The Morgan fingerprint density at radius 2 is 1.90 bits per heavy atom. The highest BCUT2D eigenvalue weighted by Crippen LogP contribution is 2.22. The molecule has 0 radical (unpaired) electrons. The lowest BCUT2D eigenvalue weighted by atomic mass is 10.1. The largest absolute Gasteiger partial charge is 0.505 e. The van der Waals surface area contributed by atoms with Crippen molar-refractivity contribution < 1.29 is 18.6 Å². The fourth-order valence-electron chi connectivity index (χ4n) is 2.00. The first kappa shape index (κ1) is 15.3. The van der Waals surface area contributed by atoms with Gasteiger partial charge in [0.15, 0.2) is 23.1 Å². The molecule has 0 aliphatic heterocycles. The van der Waals surface area contributed by atoms with Crippen LogP contribution in [-0.4, -0.2) is 12.2 Å². The fraction of sp³-hybridized carbons (Fsp3) is 0.250. The van der Waals surface area contributed by atoms with Crippen LogP contribution in [0.3, 0.4) is 0 Å². The van der Waals surface area contributed by atoms with Crippen LogP contribution >= 0.6 is 0 Å². The molecule has 0 aromatic heterocycles. The zero-order chi connectivity index (χ0) is 15.4. The molecule has 0 spiro atoms. The minimum Gasteiger partial charge on any atom is -0.505 e. The molecule has 2 N–H and O–H groups in total. The van der Waals surface area contributed by atoms with Gasteiger partial charge < -0.3 is 15.2 Å². The molecule has 0 saturated heterocycles. The van der Waals surface area contributed by atoms with E-state index in [1.54, 1.807) is 18.2 Å². The molecule has 112 valence electrons. The molecule has 1 atom stereocenters. The van der Waals surface area contributed by atoms with E-state index in [0.29, 0.717) is 12.1 Å². The van der Waals surface area contributed by atoms with E-state index in [0.717, 1.165) is 5.56 Å². The molecular weight excluding hydrogens is 276 g/mol. The minimum absolute atomic E-state index is 0.109. The average Bonchev–Trinajstić information content (AvgIpc) is 2.48. The molecule has 3 nitrogen and oxygen atoms in total. The van der Waals surface area contributed by atoms with E-state index in [1.807, 2.05) is 6.92 Å². The molecule has 2 aromatic carbocycles. The molecule has 1 unspecified atom stereocenters. The highest BCUT2D eigenvalue weighted by molar-refractivity contribution is 5.31. The van der Waals surface area contributed by atoms with Crippen LogP contribution in [0.25, 0.3) is 0 Å². The van der Waals surface area contributed by atoms with Gasteiger partial charge in [-0.25, -0.2) is 8.78 Å². The number of hydrogen-bond donors (Lipinski definition) is 2. The second-order valence-corrected chi connectivity index (χ2v) is 4.78. The Bertz CT molecular complexity index is 632. The standard InChI is InChI=1S/C16H17F2NO2/c1-10(12-4-6-16(21-2)14(18)8-12)19-9-11-3-5-15(20)13(17)7-11/h3-8,10,19-20H,9H2,1-2H3. The number of rotatable bonds is 5. The van der Waals surface area contributed by atoms with Gasteiger partial charge in [-0.15, -0.1) is 0 Å². The third-order valence-electron chi connectivity index (χ3n) is 3.30. The van der Waals surface area contributed by atoms with E-state index in [-0.39, 0.29) is 17.5 Å². The fourth-order valence-corrected chi connectivity index (χ4v) is 2.00. The molecule has 0 amide bonds. The van der Waals surface area contributed by atoms with Crippen LogP contribution in [0.5, 0.6) is 11.5 Å². The number of ether oxygens (including phenoxy) is 1. The summed E-state index contributed by atoms with van der Waals surface area (Å²) in [6.07, 6.45) is 0. The molecule has 0 saturated carbocycles. The van der Waals surface area contributed by atoms with Gasteiger partial charge in [0.2, 0.25) is 0 Å². The Balaban J connectivity index is 2.02. The number of halogens is 2. The van der Waals surface area contributed by atoms with Gasteiger partial charge in [-0.05, 0) is 42.3 Å². The van der Waals surface area contributed by atoms with E-state index < -0.39 is 11.6 Å². The molecule has 2 aromatic rings.